The van der Waals surface area contributed by atoms with Crippen LogP contribution in [0.5, 0.6) is 5.75 Å². The van der Waals surface area contributed by atoms with E-state index in [1.807, 2.05) is 13.8 Å². The van der Waals surface area contributed by atoms with Crippen LogP contribution in [0, 0.1) is 5.92 Å². The molecule has 0 aliphatic heterocycles. The molecule has 1 amide bonds. The van der Waals surface area contributed by atoms with E-state index in [1.54, 1.807) is 6.07 Å². The SMILES string of the molecule is CCCC(C)C(=O)NCC(O)c1cccc(OC(F)F)c1. The van der Waals surface area contributed by atoms with Gasteiger partial charge in [0.1, 0.15) is 5.75 Å². The Morgan fingerprint density at radius 1 is 1.43 bits per heavy atom. The predicted molar refractivity (Wildman–Crippen MR) is 75.1 cm³/mol. The highest BCUT2D eigenvalue weighted by molar-refractivity contribution is 5.78. The van der Waals surface area contributed by atoms with Crippen LogP contribution in [0.2, 0.25) is 0 Å². The summed E-state index contributed by atoms with van der Waals surface area (Å²) in [7, 11) is 0. The average Bonchev–Trinajstić information content (AvgIpc) is 2.44. The van der Waals surface area contributed by atoms with Crippen LogP contribution in [-0.2, 0) is 4.79 Å². The van der Waals surface area contributed by atoms with Crippen LogP contribution in [0.3, 0.4) is 0 Å². The second kappa shape index (κ2) is 8.56. The maximum absolute atomic E-state index is 12.1. The standard InChI is InChI=1S/C15H21F2NO3/c1-3-5-10(2)14(20)18-9-13(19)11-6-4-7-12(8-11)21-15(16)17/h4,6-8,10,13,15,19H,3,5,9H2,1-2H3,(H,18,20). The van der Waals surface area contributed by atoms with Crippen molar-refractivity contribution in [1.29, 1.82) is 0 Å². The molecular formula is C15H21F2NO3. The van der Waals surface area contributed by atoms with Crippen molar-refractivity contribution in [2.75, 3.05) is 6.54 Å². The van der Waals surface area contributed by atoms with Gasteiger partial charge >= 0.3 is 6.61 Å². The highest BCUT2D eigenvalue weighted by Crippen LogP contribution is 2.20. The fourth-order valence-corrected chi connectivity index (χ4v) is 1.95. The number of carbonyl (C=O) groups is 1. The molecule has 0 fully saturated rings. The lowest BCUT2D eigenvalue weighted by atomic mass is 10.0. The summed E-state index contributed by atoms with van der Waals surface area (Å²) in [5.41, 5.74) is 0.414. The van der Waals surface area contributed by atoms with Crippen LogP contribution in [0.25, 0.3) is 0 Å². The summed E-state index contributed by atoms with van der Waals surface area (Å²) in [5.74, 6) is -0.265. The molecule has 4 nitrogen and oxygen atoms in total. The number of halogens is 2. The highest BCUT2D eigenvalue weighted by Gasteiger charge is 2.15. The highest BCUT2D eigenvalue weighted by atomic mass is 19.3. The number of carbonyl (C=O) groups excluding carboxylic acids is 1. The number of aliphatic hydroxyl groups is 1. The number of hydrogen-bond acceptors (Lipinski definition) is 3. The Bertz CT molecular complexity index is 454. The molecule has 0 saturated carbocycles. The van der Waals surface area contributed by atoms with Crippen LogP contribution >= 0.6 is 0 Å². The summed E-state index contributed by atoms with van der Waals surface area (Å²) < 4.78 is 28.5. The lowest BCUT2D eigenvalue weighted by Gasteiger charge is -2.16. The average molecular weight is 301 g/mol. The molecule has 1 rings (SSSR count). The summed E-state index contributed by atoms with van der Waals surface area (Å²) in [6, 6.07) is 5.81. The Balaban J connectivity index is 2.55. The van der Waals surface area contributed by atoms with Gasteiger partial charge < -0.3 is 15.2 Å². The van der Waals surface area contributed by atoms with Gasteiger partial charge in [0.25, 0.3) is 0 Å². The maximum atomic E-state index is 12.1. The van der Waals surface area contributed by atoms with Crippen LogP contribution < -0.4 is 10.1 Å². The number of benzene rings is 1. The minimum atomic E-state index is -2.91. The van der Waals surface area contributed by atoms with Crippen molar-refractivity contribution in [2.24, 2.45) is 5.92 Å². The second-order valence-corrected chi connectivity index (χ2v) is 4.90. The zero-order valence-electron chi connectivity index (χ0n) is 12.2. The monoisotopic (exact) mass is 301 g/mol. The molecule has 21 heavy (non-hydrogen) atoms. The Morgan fingerprint density at radius 3 is 2.76 bits per heavy atom. The van der Waals surface area contributed by atoms with Crippen molar-refractivity contribution in [1.82, 2.24) is 5.32 Å². The first-order valence-corrected chi connectivity index (χ1v) is 6.94. The van der Waals surface area contributed by atoms with Gasteiger partial charge in [-0.25, -0.2) is 0 Å². The quantitative estimate of drug-likeness (QED) is 0.776. The third-order valence-corrected chi connectivity index (χ3v) is 3.11. The third kappa shape index (κ3) is 6.08. The number of nitrogens with one attached hydrogen (secondary N) is 1. The van der Waals surface area contributed by atoms with Crippen molar-refractivity contribution < 1.29 is 23.4 Å². The first-order valence-electron chi connectivity index (χ1n) is 6.94. The molecule has 0 bridgehead atoms. The Hall–Kier alpha value is -1.69. The summed E-state index contributed by atoms with van der Waals surface area (Å²) >= 11 is 0. The number of aliphatic hydroxyl groups excluding tert-OH is 1. The zero-order valence-corrected chi connectivity index (χ0v) is 12.2. The van der Waals surface area contributed by atoms with Gasteiger partial charge in [-0.3, -0.25) is 4.79 Å². The molecule has 0 radical (unpaired) electrons. The fraction of sp³-hybridized carbons (Fsp3) is 0.533. The number of ether oxygens (including phenoxy) is 1. The van der Waals surface area contributed by atoms with E-state index < -0.39 is 12.7 Å². The molecule has 1 aromatic rings. The lowest BCUT2D eigenvalue weighted by Crippen LogP contribution is -2.32. The van der Waals surface area contributed by atoms with Gasteiger partial charge in [-0.2, -0.15) is 8.78 Å². The summed E-state index contributed by atoms with van der Waals surface area (Å²) in [4.78, 5) is 11.7. The maximum Gasteiger partial charge on any atom is 0.387 e. The van der Waals surface area contributed by atoms with Crippen LogP contribution in [0.4, 0.5) is 8.78 Å². The van der Waals surface area contributed by atoms with E-state index in [0.717, 1.165) is 12.8 Å². The minimum Gasteiger partial charge on any atom is -0.435 e. The number of alkyl halides is 2. The number of hydrogen-bond donors (Lipinski definition) is 2. The molecule has 2 unspecified atom stereocenters. The van der Waals surface area contributed by atoms with Gasteiger partial charge in [0, 0.05) is 12.5 Å². The molecule has 1 aromatic carbocycles. The van der Waals surface area contributed by atoms with Gasteiger partial charge in [-0.1, -0.05) is 32.4 Å². The zero-order chi connectivity index (χ0) is 15.8. The molecule has 0 saturated heterocycles. The molecule has 0 aromatic heterocycles. The van der Waals surface area contributed by atoms with Crippen molar-refractivity contribution in [3.8, 4) is 5.75 Å². The molecule has 2 atom stereocenters. The predicted octanol–water partition coefficient (Wildman–Crippen LogP) is 2.87. The van der Waals surface area contributed by atoms with E-state index >= 15 is 0 Å². The van der Waals surface area contributed by atoms with E-state index in [4.69, 9.17) is 0 Å². The molecule has 2 N–H and O–H groups in total. The topological polar surface area (TPSA) is 58.6 Å². The van der Waals surface area contributed by atoms with E-state index in [-0.39, 0.29) is 24.1 Å². The molecule has 118 valence electrons. The van der Waals surface area contributed by atoms with Crippen molar-refractivity contribution in [2.45, 2.75) is 39.4 Å². The second-order valence-electron chi connectivity index (χ2n) is 4.90. The van der Waals surface area contributed by atoms with Crippen molar-refractivity contribution in [3.63, 3.8) is 0 Å². The Kier molecular flexibility index (Phi) is 7.08. The van der Waals surface area contributed by atoms with E-state index in [2.05, 4.69) is 10.1 Å². The first kappa shape index (κ1) is 17.4. The van der Waals surface area contributed by atoms with Gasteiger partial charge in [0.15, 0.2) is 0 Å². The molecule has 0 spiro atoms. The Labute approximate surface area is 123 Å². The van der Waals surface area contributed by atoms with E-state index in [9.17, 15) is 18.7 Å². The summed E-state index contributed by atoms with van der Waals surface area (Å²) in [6.45, 7) is 0.937. The molecular weight excluding hydrogens is 280 g/mol. The van der Waals surface area contributed by atoms with E-state index in [1.165, 1.54) is 18.2 Å². The van der Waals surface area contributed by atoms with Gasteiger partial charge in [0.05, 0.1) is 6.10 Å². The first-order chi connectivity index (χ1) is 9.93. The van der Waals surface area contributed by atoms with Crippen LogP contribution in [0.1, 0.15) is 38.4 Å². The molecule has 0 heterocycles. The Morgan fingerprint density at radius 2 is 2.14 bits per heavy atom. The molecule has 0 aliphatic carbocycles. The molecule has 6 heteroatoms. The van der Waals surface area contributed by atoms with Gasteiger partial charge in [0.2, 0.25) is 5.91 Å². The van der Waals surface area contributed by atoms with Crippen LogP contribution in [-0.4, -0.2) is 24.2 Å². The normalized spacial score (nSPS) is 13.8. The summed E-state index contributed by atoms with van der Waals surface area (Å²) in [6.07, 6.45) is 0.716. The van der Waals surface area contributed by atoms with Crippen molar-refractivity contribution in [3.05, 3.63) is 29.8 Å². The van der Waals surface area contributed by atoms with Gasteiger partial charge in [-0.15, -0.1) is 0 Å². The van der Waals surface area contributed by atoms with Gasteiger partial charge in [-0.05, 0) is 24.1 Å². The van der Waals surface area contributed by atoms with E-state index in [0.29, 0.717) is 5.56 Å². The lowest BCUT2D eigenvalue weighted by molar-refractivity contribution is -0.125. The van der Waals surface area contributed by atoms with Crippen LogP contribution in [0.15, 0.2) is 24.3 Å². The molecule has 0 aliphatic rings. The number of rotatable bonds is 8. The number of amides is 1. The third-order valence-electron chi connectivity index (χ3n) is 3.11. The smallest absolute Gasteiger partial charge is 0.387 e. The van der Waals surface area contributed by atoms with Crippen molar-refractivity contribution >= 4 is 5.91 Å². The minimum absolute atomic E-state index is 0.0211. The largest absolute Gasteiger partial charge is 0.435 e. The summed E-state index contributed by atoms with van der Waals surface area (Å²) in [5, 5.41) is 12.6. The fourth-order valence-electron chi connectivity index (χ4n) is 1.95.